The molecule has 2 aromatic heterocycles. The minimum Gasteiger partial charge on any atom is -0.357 e. The Morgan fingerprint density at radius 1 is 0.909 bits per heavy atom. The van der Waals surface area contributed by atoms with Crippen LogP contribution in [0.3, 0.4) is 0 Å². The first-order valence-electron chi connectivity index (χ1n) is 11.1. The number of aromatic nitrogens is 4. The Morgan fingerprint density at radius 3 is 2.64 bits per heavy atom. The van der Waals surface area contributed by atoms with Crippen LogP contribution in [0.1, 0.15) is 5.56 Å². The first-order chi connectivity index (χ1) is 16.2. The predicted octanol–water partition coefficient (Wildman–Crippen LogP) is 4.96. The molecule has 33 heavy (non-hydrogen) atoms. The number of hydrogen-bond acceptors (Lipinski definition) is 6. The highest BCUT2D eigenvalue weighted by molar-refractivity contribution is 5.86. The molecule has 7 nitrogen and oxygen atoms in total. The van der Waals surface area contributed by atoms with E-state index >= 15 is 0 Å². The molecule has 3 N–H and O–H groups in total. The van der Waals surface area contributed by atoms with Crippen molar-refractivity contribution in [1.82, 2.24) is 24.8 Å². The third-order valence-corrected chi connectivity index (χ3v) is 5.85. The zero-order valence-electron chi connectivity index (χ0n) is 19.1. The Bertz CT molecular complexity index is 1440. The van der Waals surface area contributed by atoms with Crippen molar-refractivity contribution >= 4 is 39.5 Å². The molecule has 7 heteroatoms. The van der Waals surface area contributed by atoms with E-state index < -0.39 is 0 Å². The molecule has 5 aromatic rings. The molecule has 0 saturated heterocycles. The van der Waals surface area contributed by atoms with E-state index in [1.807, 2.05) is 38.5 Å². The van der Waals surface area contributed by atoms with E-state index in [9.17, 15) is 0 Å². The lowest BCUT2D eigenvalue weighted by Crippen LogP contribution is -2.16. The van der Waals surface area contributed by atoms with Crippen LogP contribution in [0.5, 0.6) is 0 Å². The van der Waals surface area contributed by atoms with Crippen LogP contribution >= 0.6 is 0 Å². The van der Waals surface area contributed by atoms with Gasteiger partial charge in [0.05, 0.1) is 16.6 Å². The van der Waals surface area contributed by atoms with E-state index in [1.54, 1.807) is 0 Å². The maximum atomic E-state index is 4.84. The van der Waals surface area contributed by atoms with Crippen molar-refractivity contribution in [2.75, 3.05) is 31.3 Å². The van der Waals surface area contributed by atoms with Gasteiger partial charge in [0.15, 0.2) is 0 Å². The summed E-state index contributed by atoms with van der Waals surface area (Å²) in [4.78, 5) is 13.7. The first kappa shape index (κ1) is 20.9. The average Bonchev–Trinajstić information content (AvgIpc) is 3.20. The molecule has 0 fully saturated rings. The van der Waals surface area contributed by atoms with Gasteiger partial charge in [-0.3, -0.25) is 0 Å². The van der Waals surface area contributed by atoms with E-state index in [0.29, 0.717) is 5.95 Å². The molecule has 0 radical (unpaired) electrons. The van der Waals surface area contributed by atoms with Crippen molar-refractivity contribution in [2.24, 2.45) is 0 Å². The molecule has 0 atom stereocenters. The zero-order valence-corrected chi connectivity index (χ0v) is 19.1. The third-order valence-electron chi connectivity index (χ3n) is 5.85. The lowest BCUT2D eigenvalue weighted by atomic mass is 9.98. The molecule has 5 rings (SSSR count). The fourth-order valence-electron chi connectivity index (χ4n) is 4.08. The van der Waals surface area contributed by atoms with Gasteiger partial charge >= 0.3 is 0 Å². The van der Waals surface area contributed by atoms with Crippen LogP contribution in [0.2, 0.25) is 0 Å². The van der Waals surface area contributed by atoms with Crippen molar-refractivity contribution in [3.8, 4) is 11.1 Å². The lowest BCUT2D eigenvalue weighted by Gasteiger charge is -2.13. The summed E-state index contributed by atoms with van der Waals surface area (Å²) in [5.74, 6) is 1.46. The molecular weight excluding hydrogens is 410 g/mol. The summed E-state index contributed by atoms with van der Waals surface area (Å²) in [6.45, 7) is 3.83. The van der Waals surface area contributed by atoms with Crippen LogP contribution in [-0.2, 0) is 6.54 Å². The number of nitrogens with one attached hydrogen (secondary N) is 3. The summed E-state index contributed by atoms with van der Waals surface area (Å²) < 4.78 is 2.22. The zero-order chi connectivity index (χ0) is 22.8. The molecule has 2 heterocycles. The van der Waals surface area contributed by atoms with Crippen molar-refractivity contribution in [1.29, 1.82) is 0 Å². The number of para-hydroxylation sites is 2. The van der Waals surface area contributed by atoms with E-state index in [-0.39, 0.29) is 0 Å². The smallest absolute Gasteiger partial charge is 0.222 e. The van der Waals surface area contributed by atoms with Crippen molar-refractivity contribution < 1.29 is 0 Å². The van der Waals surface area contributed by atoms with E-state index in [4.69, 9.17) is 4.98 Å². The first-order valence-corrected chi connectivity index (χ1v) is 11.1. The Balaban J connectivity index is 1.51. The van der Waals surface area contributed by atoms with Crippen molar-refractivity contribution in [3.63, 3.8) is 0 Å². The molecule has 0 bridgehead atoms. The standard InChI is InChI=1S/C26H27N7/c1-17-8-10-20(30-26-32-23-6-4-5-7-24(23)33(26)13-12-27-2)15-21(17)18-9-11-22-19(14-18)16-29-25(28-3)31-22/h4-11,14-16,27H,12-13H2,1-3H3,(H,30,32)(H,28,29,31). The maximum absolute atomic E-state index is 4.84. The summed E-state index contributed by atoms with van der Waals surface area (Å²) in [5, 5.41) is 10.8. The number of imidazole rings is 1. The number of fused-ring (bicyclic) bond motifs is 2. The van der Waals surface area contributed by atoms with E-state index in [1.165, 1.54) is 5.56 Å². The minimum atomic E-state index is 0.624. The largest absolute Gasteiger partial charge is 0.357 e. The second-order valence-electron chi connectivity index (χ2n) is 8.05. The van der Waals surface area contributed by atoms with Gasteiger partial charge in [0, 0.05) is 37.4 Å². The van der Waals surface area contributed by atoms with Crippen LogP contribution < -0.4 is 16.0 Å². The Kier molecular flexibility index (Phi) is 5.62. The fraction of sp³-hybridized carbons (Fsp3) is 0.192. The topological polar surface area (TPSA) is 79.7 Å². The summed E-state index contributed by atoms with van der Waals surface area (Å²) in [5.41, 5.74) is 7.53. The molecule has 0 amide bonds. The van der Waals surface area contributed by atoms with Gasteiger partial charge in [0.2, 0.25) is 11.9 Å². The number of hydrogen-bond donors (Lipinski definition) is 3. The van der Waals surface area contributed by atoms with Crippen molar-refractivity contribution in [2.45, 2.75) is 13.5 Å². The van der Waals surface area contributed by atoms with Crippen LogP contribution in [0, 0.1) is 6.92 Å². The van der Waals surface area contributed by atoms with Crippen LogP contribution in [-0.4, -0.2) is 40.2 Å². The number of benzene rings is 3. The molecule has 0 saturated carbocycles. The van der Waals surface area contributed by atoms with Gasteiger partial charge in [-0.05, 0) is 67.1 Å². The number of nitrogens with zero attached hydrogens (tertiary/aromatic N) is 4. The van der Waals surface area contributed by atoms with Crippen LogP contribution in [0.15, 0.2) is 66.9 Å². The van der Waals surface area contributed by atoms with Gasteiger partial charge in [-0.15, -0.1) is 0 Å². The summed E-state index contributed by atoms with van der Waals surface area (Å²) in [6.07, 6.45) is 1.86. The molecule has 166 valence electrons. The van der Waals surface area contributed by atoms with Gasteiger partial charge in [-0.1, -0.05) is 24.3 Å². The van der Waals surface area contributed by atoms with Gasteiger partial charge in [0.25, 0.3) is 0 Å². The third kappa shape index (κ3) is 4.10. The predicted molar refractivity (Wildman–Crippen MR) is 136 cm³/mol. The highest BCUT2D eigenvalue weighted by Gasteiger charge is 2.12. The number of likely N-dealkylation sites (N-methyl/N-ethyl adjacent to an activating group) is 1. The Morgan fingerprint density at radius 2 is 1.79 bits per heavy atom. The molecule has 0 spiro atoms. The monoisotopic (exact) mass is 437 g/mol. The van der Waals surface area contributed by atoms with Crippen molar-refractivity contribution in [3.05, 3.63) is 72.4 Å². The van der Waals surface area contributed by atoms with Crippen LogP contribution in [0.25, 0.3) is 33.1 Å². The van der Waals surface area contributed by atoms with Gasteiger partial charge < -0.3 is 20.5 Å². The Labute approximate surface area is 192 Å². The van der Waals surface area contributed by atoms with Gasteiger partial charge in [-0.2, -0.15) is 0 Å². The van der Waals surface area contributed by atoms with Gasteiger partial charge in [-0.25, -0.2) is 15.0 Å². The number of anilines is 3. The maximum Gasteiger partial charge on any atom is 0.222 e. The Hall–Kier alpha value is -3.97. The fourth-order valence-corrected chi connectivity index (χ4v) is 4.08. The summed E-state index contributed by atoms with van der Waals surface area (Å²) >= 11 is 0. The molecule has 0 aliphatic heterocycles. The van der Waals surface area contributed by atoms with E-state index in [0.717, 1.165) is 57.8 Å². The lowest BCUT2D eigenvalue weighted by molar-refractivity contribution is 0.664. The molecular formula is C26H27N7. The summed E-state index contributed by atoms with van der Waals surface area (Å²) in [7, 11) is 3.79. The second-order valence-corrected chi connectivity index (χ2v) is 8.05. The summed E-state index contributed by atoms with van der Waals surface area (Å²) in [6, 6.07) is 21.0. The quantitative estimate of drug-likeness (QED) is 0.334. The van der Waals surface area contributed by atoms with Crippen LogP contribution in [0.4, 0.5) is 17.6 Å². The highest BCUT2D eigenvalue weighted by atomic mass is 15.2. The second kappa shape index (κ2) is 8.88. The molecule has 0 aliphatic carbocycles. The van der Waals surface area contributed by atoms with E-state index in [2.05, 4.69) is 79.9 Å². The SMILES string of the molecule is CNCCn1c(Nc2ccc(C)c(-c3ccc4nc(NC)ncc4c3)c2)nc2ccccc21. The minimum absolute atomic E-state index is 0.624. The van der Waals surface area contributed by atoms with Gasteiger partial charge in [0.1, 0.15) is 0 Å². The highest BCUT2D eigenvalue weighted by Crippen LogP contribution is 2.31. The molecule has 3 aromatic carbocycles. The number of rotatable bonds is 7. The normalized spacial score (nSPS) is 11.2. The average molecular weight is 438 g/mol. The number of aryl methyl sites for hydroxylation is 1. The molecule has 0 aliphatic rings. The molecule has 0 unspecified atom stereocenters.